The van der Waals surface area contributed by atoms with E-state index >= 15 is 0 Å². The smallest absolute Gasteiger partial charge is 0.339 e. The van der Waals surface area contributed by atoms with Crippen LogP contribution in [0.2, 0.25) is 0 Å². The van der Waals surface area contributed by atoms with Crippen LogP contribution in [0.3, 0.4) is 0 Å². The summed E-state index contributed by atoms with van der Waals surface area (Å²) in [7, 11) is 0. The van der Waals surface area contributed by atoms with Crippen LogP contribution in [0.5, 0.6) is 0 Å². The molecule has 0 unspecified atom stereocenters. The number of pyridine rings is 2. The topological polar surface area (TPSA) is 82.5 Å². The fourth-order valence-electron chi connectivity index (χ4n) is 3.50. The number of hydrogen-bond donors (Lipinski definition) is 0. The molecule has 0 spiro atoms. The number of benzene rings is 1. The van der Waals surface area contributed by atoms with E-state index in [4.69, 9.17) is 9.26 Å². The van der Waals surface area contributed by atoms with Crippen LogP contribution in [0.4, 0.5) is 0 Å². The van der Waals surface area contributed by atoms with Crippen LogP contribution in [0, 0.1) is 13.8 Å². The fourth-order valence-corrected chi connectivity index (χ4v) is 3.50. The summed E-state index contributed by atoms with van der Waals surface area (Å²) in [5.41, 5.74) is 5.34. The molecule has 1 aromatic carbocycles. The van der Waals surface area contributed by atoms with Crippen LogP contribution >= 0.6 is 0 Å². The fraction of sp³-hybridized carbons (Fsp3) is 0.130. The molecule has 5 rings (SSSR count). The average molecular weight is 398 g/mol. The van der Waals surface area contributed by atoms with Crippen molar-refractivity contribution in [1.29, 1.82) is 0 Å². The first kappa shape index (κ1) is 18.1. The quantitative estimate of drug-likeness (QED) is 0.414. The number of carbonyl (C=O) groups excluding carboxylic acids is 1. The summed E-state index contributed by atoms with van der Waals surface area (Å²) in [6.07, 6.45) is 3.78. The van der Waals surface area contributed by atoms with E-state index in [2.05, 4.69) is 15.1 Å². The van der Waals surface area contributed by atoms with Crippen LogP contribution in [0.1, 0.15) is 27.3 Å². The third-order valence-electron chi connectivity index (χ3n) is 4.99. The zero-order chi connectivity index (χ0) is 20.7. The second-order valence-electron chi connectivity index (χ2n) is 7.10. The van der Waals surface area contributed by atoms with Gasteiger partial charge >= 0.3 is 5.97 Å². The Hall–Kier alpha value is -4.00. The molecular weight excluding hydrogens is 380 g/mol. The van der Waals surface area contributed by atoms with Gasteiger partial charge in [-0.2, -0.15) is 0 Å². The predicted octanol–water partition coefficient (Wildman–Crippen LogP) is 4.51. The van der Waals surface area contributed by atoms with E-state index in [-0.39, 0.29) is 6.61 Å². The summed E-state index contributed by atoms with van der Waals surface area (Å²) in [4.78, 5) is 22.1. The lowest BCUT2D eigenvalue weighted by atomic mass is 10.1. The van der Waals surface area contributed by atoms with Gasteiger partial charge in [-0.05, 0) is 31.5 Å². The molecular formula is C23H18N4O3. The molecule has 0 saturated heterocycles. The molecule has 0 saturated carbocycles. The summed E-state index contributed by atoms with van der Waals surface area (Å²) in [5.74, 6) is -0.473. The highest BCUT2D eigenvalue weighted by Gasteiger charge is 2.21. The number of aryl methyl sites for hydroxylation is 2. The van der Waals surface area contributed by atoms with Gasteiger partial charge in [-0.25, -0.2) is 14.8 Å². The van der Waals surface area contributed by atoms with Gasteiger partial charge in [-0.1, -0.05) is 41.6 Å². The van der Waals surface area contributed by atoms with E-state index in [1.165, 1.54) is 0 Å². The second-order valence-corrected chi connectivity index (χ2v) is 7.10. The molecule has 0 radical (unpaired) electrons. The van der Waals surface area contributed by atoms with Crippen molar-refractivity contribution in [2.45, 2.75) is 20.5 Å². The zero-order valence-corrected chi connectivity index (χ0v) is 16.5. The van der Waals surface area contributed by atoms with Crippen LogP contribution in [-0.4, -0.2) is 25.5 Å². The first-order valence-corrected chi connectivity index (χ1v) is 9.53. The number of imidazole rings is 1. The lowest BCUT2D eigenvalue weighted by molar-refractivity contribution is 0.0470. The SMILES string of the molecule is Cc1noc2nc(-c3ccccc3)cc(C(=O)OCc3cn4cccc(C)c4n3)c12. The monoisotopic (exact) mass is 398 g/mol. The number of carbonyl (C=O) groups is 1. The van der Waals surface area contributed by atoms with Crippen molar-refractivity contribution in [3.05, 3.63) is 83.4 Å². The Kier molecular flexibility index (Phi) is 4.28. The van der Waals surface area contributed by atoms with Gasteiger partial charge in [0, 0.05) is 18.0 Å². The molecule has 0 bridgehead atoms. The van der Waals surface area contributed by atoms with Crippen molar-refractivity contribution in [3.8, 4) is 11.3 Å². The molecule has 0 aliphatic heterocycles. The molecule has 30 heavy (non-hydrogen) atoms. The number of aromatic nitrogens is 4. The van der Waals surface area contributed by atoms with Crippen molar-refractivity contribution in [2.75, 3.05) is 0 Å². The van der Waals surface area contributed by atoms with Crippen molar-refractivity contribution in [3.63, 3.8) is 0 Å². The normalized spacial score (nSPS) is 11.3. The van der Waals surface area contributed by atoms with Gasteiger partial charge in [0.2, 0.25) is 0 Å². The Morgan fingerprint density at radius 2 is 1.93 bits per heavy atom. The van der Waals surface area contributed by atoms with E-state index < -0.39 is 5.97 Å². The molecule has 0 N–H and O–H groups in total. The maximum absolute atomic E-state index is 13.0. The summed E-state index contributed by atoms with van der Waals surface area (Å²) in [5, 5.41) is 4.53. The van der Waals surface area contributed by atoms with Crippen LogP contribution in [0.15, 0.2) is 65.4 Å². The Balaban J connectivity index is 1.49. The molecule has 4 heterocycles. The zero-order valence-electron chi connectivity index (χ0n) is 16.5. The lowest BCUT2D eigenvalue weighted by Gasteiger charge is -2.07. The highest BCUT2D eigenvalue weighted by molar-refractivity contribution is 6.04. The van der Waals surface area contributed by atoms with Gasteiger partial charge in [0.05, 0.1) is 28.0 Å². The van der Waals surface area contributed by atoms with Gasteiger partial charge < -0.3 is 13.7 Å². The summed E-state index contributed by atoms with van der Waals surface area (Å²) < 4.78 is 12.8. The standard InChI is InChI=1S/C23H18N4O3/c1-14-7-6-10-27-12-17(24-21(14)27)13-29-23(28)18-11-19(16-8-4-3-5-9-16)25-22-20(18)15(2)26-30-22/h3-12H,13H2,1-2H3. The Morgan fingerprint density at radius 1 is 1.10 bits per heavy atom. The third-order valence-corrected chi connectivity index (χ3v) is 4.99. The molecule has 148 valence electrons. The van der Waals surface area contributed by atoms with Crippen LogP contribution in [-0.2, 0) is 11.3 Å². The van der Waals surface area contributed by atoms with Gasteiger partial charge in [0.1, 0.15) is 12.3 Å². The van der Waals surface area contributed by atoms with Gasteiger partial charge in [0.15, 0.2) is 0 Å². The van der Waals surface area contributed by atoms with E-state index in [0.717, 1.165) is 16.8 Å². The van der Waals surface area contributed by atoms with E-state index in [1.54, 1.807) is 13.0 Å². The van der Waals surface area contributed by atoms with Crippen molar-refractivity contribution >= 4 is 22.7 Å². The molecule has 5 aromatic rings. The van der Waals surface area contributed by atoms with Crippen molar-refractivity contribution in [2.24, 2.45) is 0 Å². The highest BCUT2D eigenvalue weighted by atomic mass is 16.5. The van der Waals surface area contributed by atoms with E-state index in [1.807, 2.05) is 66.2 Å². The number of hydrogen-bond acceptors (Lipinski definition) is 6. The molecule has 0 fully saturated rings. The molecule has 4 aromatic heterocycles. The maximum Gasteiger partial charge on any atom is 0.339 e. The minimum absolute atomic E-state index is 0.0643. The molecule has 0 aliphatic rings. The Morgan fingerprint density at radius 3 is 2.73 bits per heavy atom. The average Bonchev–Trinajstić information content (AvgIpc) is 3.36. The molecule has 7 heteroatoms. The summed E-state index contributed by atoms with van der Waals surface area (Å²) >= 11 is 0. The lowest BCUT2D eigenvalue weighted by Crippen LogP contribution is -2.07. The van der Waals surface area contributed by atoms with E-state index in [0.29, 0.717) is 33.7 Å². The largest absolute Gasteiger partial charge is 0.455 e. The number of rotatable bonds is 4. The first-order chi connectivity index (χ1) is 14.6. The van der Waals surface area contributed by atoms with Gasteiger partial charge in [-0.15, -0.1) is 0 Å². The van der Waals surface area contributed by atoms with Gasteiger partial charge in [0.25, 0.3) is 5.71 Å². The van der Waals surface area contributed by atoms with Crippen LogP contribution in [0.25, 0.3) is 28.0 Å². The number of nitrogens with zero attached hydrogens (tertiary/aromatic N) is 4. The number of fused-ring (bicyclic) bond motifs is 2. The second kappa shape index (κ2) is 7.11. The summed E-state index contributed by atoms with van der Waals surface area (Å²) in [6, 6.07) is 15.3. The molecule has 0 amide bonds. The third kappa shape index (κ3) is 3.10. The Bertz CT molecular complexity index is 1390. The minimum Gasteiger partial charge on any atom is -0.455 e. The molecule has 7 nitrogen and oxygen atoms in total. The maximum atomic E-state index is 13.0. The highest BCUT2D eigenvalue weighted by Crippen LogP contribution is 2.27. The van der Waals surface area contributed by atoms with Gasteiger partial charge in [-0.3, -0.25) is 0 Å². The van der Waals surface area contributed by atoms with Crippen molar-refractivity contribution < 1.29 is 14.1 Å². The molecule has 0 aliphatic carbocycles. The summed E-state index contributed by atoms with van der Waals surface area (Å²) in [6.45, 7) is 3.83. The minimum atomic E-state index is -0.473. The Labute approximate surface area is 171 Å². The molecule has 0 atom stereocenters. The first-order valence-electron chi connectivity index (χ1n) is 9.53. The van der Waals surface area contributed by atoms with E-state index in [9.17, 15) is 4.79 Å². The number of ether oxygens (including phenoxy) is 1. The van der Waals surface area contributed by atoms with Crippen LogP contribution < -0.4 is 0 Å². The number of esters is 1. The van der Waals surface area contributed by atoms with Crippen molar-refractivity contribution in [1.82, 2.24) is 19.5 Å². The predicted molar refractivity (Wildman–Crippen MR) is 111 cm³/mol.